The molecule has 0 spiro atoms. The van der Waals surface area contributed by atoms with Gasteiger partial charge in [-0.05, 0) is 76.4 Å². The highest BCUT2D eigenvalue weighted by Crippen LogP contribution is 2.23. The Morgan fingerprint density at radius 2 is 1.00 bits per heavy atom. The van der Waals surface area contributed by atoms with E-state index >= 15 is 0 Å². The minimum Gasteiger partial charge on any atom is -0.466 e. The molecule has 10 nitrogen and oxygen atoms in total. The number of unbranched alkanes of at least 4 members (excludes halogenated alkanes) is 16. The lowest BCUT2D eigenvalue weighted by atomic mass is 9.92. The summed E-state index contributed by atoms with van der Waals surface area (Å²) in [5, 5.41) is 3.72. The average Bonchev–Trinajstić information content (AvgIpc) is 3.73. The Kier molecular flexibility index (Phi) is 37.2. The van der Waals surface area contributed by atoms with Gasteiger partial charge in [0, 0.05) is 25.5 Å². The maximum atomic E-state index is 12.5. The van der Waals surface area contributed by atoms with Gasteiger partial charge in [-0.15, -0.1) is 0 Å². The van der Waals surface area contributed by atoms with Crippen LogP contribution in [-0.4, -0.2) is 69.8 Å². The molecule has 1 heterocycles. The summed E-state index contributed by atoms with van der Waals surface area (Å²) in [6.07, 6.45) is 35.9. The van der Waals surface area contributed by atoms with Crippen LogP contribution in [0, 0.1) is 11.8 Å². The summed E-state index contributed by atoms with van der Waals surface area (Å²) >= 11 is 0. The smallest absolute Gasteiger partial charge is 0.305 e. The van der Waals surface area contributed by atoms with Crippen LogP contribution in [0.25, 0.3) is 0 Å². The van der Waals surface area contributed by atoms with E-state index < -0.39 is 10.0 Å². The molecule has 0 amide bonds. The number of rotatable bonds is 45. The van der Waals surface area contributed by atoms with Crippen molar-refractivity contribution < 1.29 is 32.0 Å². The Morgan fingerprint density at radius 1 is 0.583 bits per heavy atom. The topological polar surface area (TPSA) is 128 Å². The van der Waals surface area contributed by atoms with Gasteiger partial charge >= 0.3 is 11.9 Å². The number of esters is 2. The molecule has 1 rings (SSSR count). The van der Waals surface area contributed by atoms with Gasteiger partial charge in [-0.25, -0.2) is 13.1 Å². The lowest BCUT2D eigenvalue weighted by Gasteiger charge is -2.22. The first-order valence-electron chi connectivity index (χ1n) is 25.1. The summed E-state index contributed by atoms with van der Waals surface area (Å²) in [6, 6.07) is 1.57. The summed E-state index contributed by atoms with van der Waals surface area (Å²) in [4.78, 5) is 27.3. The molecule has 0 aliphatic carbocycles. The molecule has 1 N–H and O–H groups in total. The summed E-state index contributed by atoms with van der Waals surface area (Å²) in [7, 11) is -3.47. The Morgan fingerprint density at radius 3 is 1.42 bits per heavy atom. The SMILES string of the molecule is CCCCCC(CCCCC)CCOC(=O)CCCCCCCN(CCCCCCCC(=O)OCCC(CCCCC)CCCCC)CCCNS(=O)(=O)Cc1ccon1. The first-order valence-corrected chi connectivity index (χ1v) is 26.8. The number of hydrogen-bond donors (Lipinski definition) is 1. The highest BCUT2D eigenvalue weighted by Gasteiger charge is 2.15. The van der Waals surface area contributed by atoms with Crippen LogP contribution < -0.4 is 4.72 Å². The van der Waals surface area contributed by atoms with Crippen LogP contribution in [0.15, 0.2) is 16.9 Å². The standard InChI is InChI=1S/C49H93N3O7S/c1-5-9-19-28-45(29-20-10-6-2)34-41-57-48(53)32-23-15-13-17-25-38-52(40-27-37-50-60(55,56)44-47-36-43-59-51-47)39-26-18-14-16-24-33-49(54)58-42-35-46(30-21-11-7-3)31-22-12-8-4/h36,43,45-46,50H,5-35,37-42,44H2,1-4H3. The summed E-state index contributed by atoms with van der Waals surface area (Å²) in [5.41, 5.74) is 0.400. The Hall–Kier alpha value is -1.98. The third-order valence-corrected chi connectivity index (χ3v) is 13.3. The van der Waals surface area contributed by atoms with Crippen LogP contribution in [0.1, 0.15) is 232 Å². The zero-order valence-corrected chi connectivity index (χ0v) is 40.2. The molecular weight excluding hydrogens is 775 g/mol. The molecule has 352 valence electrons. The Bertz CT molecular complexity index is 1140. The molecule has 0 fully saturated rings. The number of aromatic nitrogens is 1. The van der Waals surface area contributed by atoms with E-state index in [-0.39, 0.29) is 17.7 Å². The molecule has 0 aliphatic rings. The summed E-state index contributed by atoms with van der Waals surface area (Å²) in [6.45, 7) is 13.3. The Balaban J connectivity index is 2.35. The fourth-order valence-electron chi connectivity index (χ4n) is 8.11. The quantitative estimate of drug-likeness (QED) is 0.0503. The van der Waals surface area contributed by atoms with Crippen molar-refractivity contribution in [3.63, 3.8) is 0 Å². The highest BCUT2D eigenvalue weighted by molar-refractivity contribution is 7.88. The molecule has 1 aromatic heterocycles. The van der Waals surface area contributed by atoms with Crippen molar-refractivity contribution >= 4 is 22.0 Å². The van der Waals surface area contributed by atoms with Crippen LogP contribution in [0.4, 0.5) is 0 Å². The molecule has 11 heteroatoms. The summed E-state index contributed by atoms with van der Waals surface area (Å²) in [5.74, 6) is 1.09. The van der Waals surface area contributed by atoms with Gasteiger partial charge in [-0.3, -0.25) is 9.59 Å². The van der Waals surface area contributed by atoms with Crippen molar-refractivity contribution in [2.75, 3.05) is 39.4 Å². The molecule has 60 heavy (non-hydrogen) atoms. The van der Waals surface area contributed by atoms with Crippen LogP contribution >= 0.6 is 0 Å². The minimum absolute atomic E-state index is 0.0479. The zero-order chi connectivity index (χ0) is 43.8. The molecular formula is C49H93N3O7S. The third kappa shape index (κ3) is 34.6. The van der Waals surface area contributed by atoms with Crippen molar-refractivity contribution in [2.45, 2.75) is 232 Å². The number of sulfonamides is 1. The second-order valence-corrected chi connectivity index (χ2v) is 19.4. The van der Waals surface area contributed by atoms with Gasteiger partial charge < -0.3 is 18.9 Å². The summed E-state index contributed by atoms with van der Waals surface area (Å²) < 4.78 is 43.8. The third-order valence-electron chi connectivity index (χ3n) is 12.0. The molecule has 0 saturated heterocycles. The monoisotopic (exact) mass is 868 g/mol. The maximum Gasteiger partial charge on any atom is 0.305 e. The number of carbonyl (C=O) groups is 2. The van der Waals surface area contributed by atoms with Crippen molar-refractivity contribution in [3.05, 3.63) is 18.0 Å². The van der Waals surface area contributed by atoms with E-state index in [1.54, 1.807) is 6.07 Å². The molecule has 1 aromatic rings. The fraction of sp³-hybridized carbons (Fsp3) is 0.898. The van der Waals surface area contributed by atoms with Crippen molar-refractivity contribution in [1.29, 1.82) is 0 Å². The van der Waals surface area contributed by atoms with Gasteiger partial charge in [0.05, 0.1) is 18.9 Å². The van der Waals surface area contributed by atoms with Crippen molar-refractivity contribution in [2.24, 2.45) is 11.8 Å². The van der Waals surface area contributed by atoms with E-state index in [0.717, 1.165) is 103 Å². The molecule has 0 radical (unpaired) electrons. The number of hydrogen-bond acceptors (Lipinski definition) is 9. The van der Waals surface area contributed by atoms with Gasteiger partial charge in [0.2, 0.25) is 10.0 Å². The van der Waals surface area contributed by atoms with E-state index in [1.165, 1.54) is 109 Å². The van der Waals surface area contributed by atoms with E-state index in [4.69, 9.17) is 14.0 Å². The van der Waals surface area contributed by atoms with Gasteiger partial charge in [-0.2, -0.15) is 0 Å². The van der Waals surface area contributed by atoms with Crippen LogP contribution in [0.2, 0.25) is 0 Å². The van der Waals surface area contributed by atoms with Gasteiger partial charge in [0.25, 0.3) is 0 Å². The molecule has 0 bridgehead atoms. The van der Waals surface area contributed by atoms with Gasteiger partial charge in [0.15, 0.2) is 0 Å². The fourth-order valence-corrected chi connectivity index (χ4v) is 9.21. The molecule has 0 atom stereocenters. The number of carbonyl (C=O) groups excluding carboxylic acids is 2. The Labute approximate surface area is 369 Å². The molecule has 0 unspecified atom stereocenters. The van der Waals surface area contributed by atoms with E-state index in [2.05, 4.69) is 42.5 Å². The number of nitrogens with zero attached hydrogens (tertiary/aromatic N) is 2. The van der Waals surface area contributed by atoms with E-state index in [0.29, 0.717) is 50.1 Å². The van der Waals surface area contributed by atoms with Crippen LogP contribution in [-0.2, 0) is 34.8 Å². The zero-order valence-electron chi connectivity index (χ0n) is 39.3. The largest absolute Gasteiger partial charge is 0.466 e. The lowest BCUT2D eigenvalue weighted by Crippen LogP contribution is -2.32. The first-order chi connectivity index (χ1) is 29.2. The second kappa shape index (κ2) is 39.8. The van der Waals surface area contributed by atoms with Crippen LogP contribution in [0.3, 0.4) is 0 Å². The molecule has 0 aliphatic heterocycles. The van der Waals surface area contributed by atoms with Gasteiger partial charge in [0.1, 0.15) is 12.0 Å². The lowest BCUT2D eigenvalue weighted by molar-refractivity contribution is -0.145. The van der Waals surface area contributed by atoms with Gasteiger partial charge in [-0.1, -0.05) is 174 Å². The van der Waals surface area contributed by atoms with Crippen molar-refractivity contribution in [3.8, 4) is 0 Å². The number of nitrogens with one attached hydrogen (secondary N) is 1. The minimum atomic E-state index is -3.47. The average molecular weight is 868 g/mol. The predicted molar refractivity (Wildman–Crippen MR) is 248 cm³/mol. The number of ether oxygens (including phenoxy) is 2. The van der Waals surface area contributed by atoms with E-state index in [1.807, 2.05) is 0 Å². The highest BCUT2D eigenvalue weighted by atomic mass is 32.2. The van der Waals surface area contributed by atoms with E-state index in [9.17, 15) is 18.0 Å². The maximum absolute atomic E-state index is 12.5. The van der Waals surface area contributed by atoms with Crippen LogP contribution in [0.5, 0.6) is 0 Å². The predicted octanol–water partition coefficient (Wildman–Crippen LogP) is 12.9. The van der Waals surface area contributed by atoms with Crippen molar-refractivity contribution in [1.82, 2.24) is 14.8 Å². The first kappa shape index (κ1) is 56.0. The molecule has 0 saturated carbocycles. The second-order valence-electron chi connectivity index (χ2n) is 17.6. The molecule has 0 aromatic carbocycles. The normalized spacial score (nSPS) is 12.0.